The van der Waals surface area contributed by atoms with Gasteiger partial charge in [-0.15, -0.1) is 0 Å². The molecule has 98 valence electrons. The maximum Gasteiger partial charge on any atom is 0.177 e. The van der Waals surface area contributed by atoms with Gasteiger partial charge in [-0.1, -0.05) is 6.07 Å². The van der Waals surface area contributed by atoms with Crippen molar-refractivity contribution in [3.05, 3.63) is 33.4 Å². The van der Waals surface area contributed by atoms with E-state index in [4.69, 9.17) is 10.00 Å². The monoisotopic (exact) mass is 319 g/mol. The van der Waals surface area contributed by atoms with Crippen LogP contribution in [0.1, 0.15) is 16.8 Å². The predicted molar refractivity (Wildman–Crippen MR) is 77.1 cm³/mol. The van der Waals surface area contributed by atoms with Gasteiger partial charge in [0, 0.05) is 12.6 Å². The van der Waals surface area contributed by atoms with E-state index in [1.807, 2.05) is 27.0 Å². The highest BCUT2D eigenvalue weighted by atomic mass is 79.9. The second-order valence-electron chi connectivity index (χ2n) is 4.41. The summed E-state index contributed by atoms with van der Waals surface area (Å²) >= 11 is 3.45. The lowest BCUT2D eigenvalue weighted by molar-refractivity contribution is 0.413. The first-order valence-corrected chi connectivity index (χ1v) is 6.57. The maximum atomic E-state index is 9.05. The minimum Gasteiger partial charge on any atom is -0.496 e. The molecule has 0 saturated carbocycles. The Hall–Kier alpha value is -1.80. The van der Waals surface area contributed by atoms with Gasteiger partial charge in [0.05, 0.1) is 17.3 Å². The molecule has 0 N–H and O–H groups in total. The molecule has 0 saturated heterocycles. The number of nitriles is 1. The summed E-state index contributed by atoms with van der Waals surface area (Å²) in [4.78, 5) is 0. The Morgan fingerprint density at radius 1 is 1.37 bits per heavy atom. The van der Waals surface area contributed by atoms with Crippen molar-refractivity contribution < 1.29 is 4.74 Å². The highest BCUT2D eigenvalue weighted by Crippen LogP contribution is 2.38. The number of nitrogens with zero attached hydrogens (tertiary/aromatic N) is 3. The first kappa shape index (κ1) is 13.6. The van der Waals surface area contributed by atoms with Crippen molar-refractivity contribution in [1.29, 1.82) is 5.26 Å². The number of aryl methyl sites for hydroxylation is 3. The number of aromatic nitrogens is 2. The summed E-state index contributed by atoms with van der Waals surface area (Å²) in [6.07, 6.45) is 0. The van der Waals surface area contributed by atoms with Gasteiger partial charge in [-0.25, -0.2) is 0 Å². The number of ether oxygens (including phenoxy) is 1. The molecule has 1 heterocycles. The molecule has 0 radical (unpaired) electrons. The first-order valence-electron chi connectivity index (χ1n) is 5.77. The van der Waals surface area contributed by atoms with E-state index in [0.717, 1.165) is 28.1 Å². The number of rotatable bonds is 2. The fourth-order valence-corrected chi connectivity index (χ4v) is 2.90. The smallest absolute Gasteiger partial charge is 0.177 e. The van der Waals surface area contributed by atoms with E-state index in [1.54, 1.807) is 11.8 Å². The SMILES string of the molecule is COc1c(C)cc(C)cc1-c1c(Br)c(C#N)nn1C. The largest absolute Gasteiger partial charge is 0.496 e. The van der Waals surface area contributed by atoms with Gasteiger partial charge in [-0.05, 0) is 47.0 Å². The zero-order valence-electron chi connectivity index (χ0n) is 11.3. The molecule has 0 aliphatic carbocycles. The molecule has 0 amide bonds. The van der Waals surface area contributed by atoms with Crippen molar-refractivity contribution in [2.24, 2.45) is 7.05 Å². The Morgan fingerprint density at radius 3 is 2.58 bits per heavy atom. The molecule has 0 fully saturated rings. The zero-order chi connectivity index (χ0) is 14.2. The second kappa shape index (κ2) is 5.06. The summed E-state index contributed by atoms with van der Waals surface area (Å²) in [7, 11) is 3.47. The van der Waals surface area contributed by atoms with Gasteiger partial charge in [0.25, 0.3) is 0 Å². The third kappa shape index (κ3) is 2.24. The van der Waals surface area contributed by atoms with Crippen LogP contribution in [0.3, 0.4) is 0 Å². The molecule has 5 heteroatoms. The normalized spacial score (nSPS) is 10.3. The summed E-state index contributed by atoms with van der Waals surface area (Å²) in [5, 5.41) is 13.2. The standard InChI is InChI=1S/C14H14BrN3O/c1-8-5-9(2)14(19-4)10(6-8)13-12(15)11(7-16)17-18(13)3/h5-6H,1-4H3. The van der Waals surface area contributed by atoms with Crippen LogP contribution in [0, 0.1) is 25.2 Å². The van der Waals surface area contributed by atoms with Crippen molar-refractivity contribution in [1.82, 2.24) is 9.78 Å². The summed E-state index contributed by atoms with van der Waals surface area (Å²) in [6, 6.07) is 6.18. The molecule has 1 aromatic carbocycles. The molecule has 1 aromatic heterocycles. The van der Waals surface area contributed by atoms with E-state index in [9.17, 15) is 0 Å². The van der Waals surface area contributed by atoms with Crippen molar-refractivity contribution >= 4 is 15.9 Å². The maximum absolute atomic E-state index is 9.05. The molecule has 0 aliphatic rings. The van der Waals surface area contributed by atoms with Crippen LogP contribution in [-0.4, -0.2) is 16.9 Å². The molecule has 0 aliphatic heterocycles. The van der Waals surface area contributed by atoms with E-state index >= 15 is 0 Å². The van der Waals surface area contributed by atoms with Gasteiger partial charge in [0.1, 0.15) is 11.8 Å². The van der Waals surface area contributed by atoms with Crippen LogP contribution in [0.5, 0.6) is 5.75 Å². The predicted octanol–water partition coefficient (Wildman–Crippen LogP) is 3.35. The Morgan fingerprint density at radius 2 is 2.05 bits per heavy atom. The van der Waals surface area contributed by atoms with Crippen molar-refractivity contribution in [2.45, 2.75) is 13.8 Å². The Kier molecular flexibility index (Phi) is 3.63. The molecule has 0 atom stereocenters. The minimum absolute atomic E-state index is 0.374. The average molecular weight is 320 g/mol. The molecule has 2 rings (SSSR count). The van der Waals surface area contributed by atoms with Crippen molar-refractivity contribution in [2.75, 3.05) is 7.11 Å². The molecule has 0 bridgehead atoms. The Bertz CT molecular complexity index is 683. The number of hydrogen-bond acceptors (Lipinski definition) is 3. The highest BCUT2D eigenvalue weighted by molar-refractivity contribution is 9.10. The highest BCUT2D eigenvalue weighted by Gasteiger charge is 2.19. The summed E-state index contributed by atoms with van der Waals surface area (Å²) in [6.45, 7) is 4.04. The molecule has 0 unspecified atom stereocenters. The third-order valence-corrected chi connectivity index (χ3v) is 3.72. The van der Waals surface area contributed by atoms with Gasteiger partial charge in [-0.2, -0.15) is 10.4 Å². The quantitative estimate of drug-likeness (QED) is 0.853. The molecule has 2 aromatic rings. The van der Waals surface area contributed by atoms with E-state index in [-0.39, 0.29) is 0 Å². The van der Waals surface area contributed by atoms with E-state index in [0.29, 0.717) is 10.2 Å². The average Bonchev–Trinajstić information content (AvgIpc) is 2.63. The van der Waals surface area contributed by atoms with Gasteiger partial charge < -0.3 is 4.74 Å². The minimum atomic E-state index is 0.374. The van der Waals surface area contributed by atoms with Crippen LogP contribution in [0.2, 0.25) is 0 Å². The Balaban J connectivity index is 2.79. The van der Waals surface area contributed by atoms with Crippen molar-refractivity contribution in [3.8, 4) is 23.1 Å². The van der Waals surface area contributed by atoms with Crippen LogP contribution < -0.4 is 4.74 Å². The molecular weight excluding hydrogens is 306 g/mol. The van der Waals surface area contributed by atoms with Gasteiger partial charge in [-0.3, -0.25) is 4.68 Å². The summed E-state index contributed by atoms with van der Waals surface area (Å²) < 4.78 is 7.88. The van der Waals surface area contributed by atoms with Crippen LogP contribution in [0.25, 0.3) is 11.3 Å². The summed E-state index contributed by atoms with van der Waals surface area (Å²) in [5.74, 6) is 0.804. The van der Waals surface area contributed by atoms with Crippen LogP contribution in [0.4, 0.5) is 0 Å². The molecule has 19 heavy (non-hydrogen) atoms. The van der Waals surface area contributed by atoms with Crippen LogP contribution in [-0.2, 0) is 7.05 Å². The van der Waals surface area contributed by atoms with Gasteiger partial charge in [0.15, 0.2) is 5.69 Å². The van der Waals surface area contributed by atoms with Gasteiger partial charge >= 0.3 is 0 Å². The van der Waals surface area contributed by atoms with E-state index < -0.39 is 0 Å². The van der Waals surface area contributed by atoms with E-state index in [1.165, 1.54) is 0 Å². The number of halogens is 1. The molecule has 4 nitrogen and oxygen atoms in total. The van der Waals surface area contributed by atoms with Crippen LogP contribution in [0.15, 0.2) is 16.6 Å². The number of methoxy groups -OCH3 is 1. The zero-order valence-corrected chi connectivity index (χ0v) is 12.9. The fraction of sp³-hybridized carbons (Fsp3) is 0.286. The van der Waals surface area contributed by atoms with Crippen molar-refractivity contribution in [3.63, 3.8) is 0 Å². The fourth-order valence-electron chi connectivity index (χ4n) is 2.26. The molecule has 0 spiro atoms. The lowest BCUT2D eigenvalue weighted by atomic mass is 10.0. The van der Waals surface area contributed by atoms with Gasteiger partial charge in [0.2, 0.25) is 0 Å². The topological polar surface area (TPSA) is 50.8 Å². The lowest BCUT2D eigenvalue weighted by Gasteiger charge is -2.13. The number of benzene rings is 1. The third-order valence-electron chi connectivity index (χ3n) is 2.97. The lowest BCUT2D eigenvalue weighted by Crippen LogP contribution is -1.98. The summed E-state index contributed by atoms with van der Waals surface area (Å²) in [5.41, 5.74) is 4.35. The first-order chi connectivity index (χ1) is 8.99. The van der Waals surface area contributed by atoms with Crippen LogP contribution >= 0.6 is 15.9 Å². The van der Waals surface area contributed by atoms with E-state index in [2.05, 4.69) is 33.2 Å². The number of hydrogen-bond donors (Lipinski definition) is 0. The Labute approximate surface area is 120 Å². The molecular formula is C14H14BrN3O. The second-order valence-corrected chi connectivity index (χ2v) is 5.20.